The van der Waals surface area contributed by atoms with Gasteiger partial charge < -0.3 is 0 Å². The Balaban J connectivity index is 2.64. The zero-order valence-electron chi connectivity index (χ0n) is 8.90. The van der Waals surface area contributed by atoms with Gasteiger partial charge in [0.15, 0.2) is 0 Å². The molecule has 76 valence electrons. The minimum absolute atomic E-state index is 0.730. The molecule has 0 heterocycles. The first-order valence-electron chi connectivity index (χ1n) is 5.08. The van der Waals surface area contributed by atoms with Crippen molar-refractivity contribution in [2.45, 2.75) is 20.3 Å². The Morgan fingerprint density at radius 3 is 2.36 bits per heavy atom. The molecule has 0 amide bonds. The van der Waals surface area contributed by atoms with Gasteiger partial charge in [-0.2, -0.15) is 12.6 Å². The number of hydrogen-bond donors (Lipinski definition) is 1. The molecule has 1 aromatic carbocycles. The quantitative estimate of drug-likeness (QED) is 0.711. The van der Waals surface area contributed by atoms with Crippen LogP contribution in [0.3, 0.4) is 0 Å². The van der Waals surface area contributed by atoms with E-state index in [9.17, 15) is 0 Å². The maximum absolute atomic E-state index is 4.13. The smallest absolute Gasteiger partial charge is 0.00858 e. The normalized spacial score (nSPS) is 11.4. The molecule has 14 heavy (non-hydrogen) atoms. The van der Waals surface area contributed by atoms with Crippen LogP contribution >= 0.6 is 12.6 Å². The third kappa shape index (κ3) is 4.01. The van der Waals surface area contributed by atoms with E-state index in [1.807, 2.05) is 0 Å². The van der Waals surface area contributed by atoms with Gasteiger partial charge in [0.05, 0.1) is 0 Å². The molecule has 0 aliphatic carbocycles. The fraction of sp³-hybridized carbons (Fsp3) is 0.385. The van der Waals surface area contributed by atoms with Crippen LogP contribution in [-0.2, 0) is 6.42 Å². The topological polar surface area (TPSA) is 0 Å². The van der Waals surface area contributed by atoms with Crippen molar-refractivity contribution in [3.8, 4) is 0 Å². The maximum Gasteiger partial charge on any atom is 0.00858 e. The highest BCUT2D eigenvalue weighted by Gasteiger charge is 1.96. The van der Waals surface area contributed by atoms with E-state index in [4.69, 9.17) is 0 Å². The molecule has 0 atom stereocenters. The molecule has 1 heteroatoms. The Morgan fingerprint density at radius 2 is 1.86 bits per heavy atom. The van der Waals surface area contributed by atoms with Crippen LogP contribution in [0, 0.1) is 5.92 Å². The number of thiol groups is 1. The lowest BCUT2D eigenvalue weighted by Gasteiger charge is -2.04. The van der Waals surface area contributed by atoms with Gasteiger partial charge in [0.2, 0.25) is 0 Å². The molecule has 0 spiro atoms. The summed E-state index contributed by atoms with van der Waals surface area (Å²) >= 11 is 4.13. The summed E-state index contributed by atoms with van der Waals surface area (Å²) in [5.41, 5.74) is 2.68. The van der Waals surface area contributed by atoms with E-state index >= 15 is 0 Å². The molecule has 0 aromatic heterocycles. The molecule has 1 rings (SSSR count). The average molecular weight is 206 g/mol. The summed E-state index contributed by atoms with van der Waals surface area (Å²) in [5.74, 6) is 1.53. The van der Waals surface area contributed by atoms with E-state index in [-0.39, 0.29) is 0 Å². The predicted octanol–water partition coefficient (Wildman–Crippen LogP) is 3.83. The standard InChI is InChI=1S/C13H18S/c1-11(2)10-13-7-5-12(6-8-13)4-3-9-14/h3-8,11,14H,9-10H2,1-2H3. The second-order valence-electron chi connectivity index (χ2n) is 3.92. The number of benzene rings is 1. The zero-order valence-corrected chi connectivity index (χ0v) is 9.80. The van der Waals surface area contributed by atoms with Gasteiger partial charge in [-0.3, -0.25) is 0 Å². The molecular weight excluding hydrogens is 188 g/mol. The van der Waals surface area contributed by atoms with E-state index in [2.05, 4.69) is 62.9 Å². The van der Waals surface area contributed by atoms with Crippen LogP contribution in [0.25, 0.3) is 6.08 Å². The van der Waals surface area contributed by atoms with Gasteiger partial charge in [-0.15, -0.1) is 0 Å². The summed E-state index contributed by atoms with van der Waals surface area (Å²) in [5, 5.41) is 0. The van der Waals surface area contributed by atoms with Crippen LogP contribution in [0.4, 0.5) is 0 Å². The molecule has 0 fully saturated rings. The highest BCUT2D eigenvalue weighted by atomic mass is 32.1. The molecule has 0 radical (unpaired) electrons. The van der Waals surface area contributed by atoms with Crippen molar-refractivity contribution in [1.82, 2.24) is 0 Å². The van der Waals surface area contributed by atoms with Gasteiger partial charge in [-0.25, -0.2) is 0 Å². The number of hydrogen-bond acceptors (Lipinski definition) is 1. The summed E-state index contributed by atoms with van der Waals surface area (Å²) in [6, 6.07) is 8.74. The maximum atomic E-state index is 4.13. The summed E-state index contributed by atoms with van der Waals surface area (Å²) in [6.07, 6.45) is 5.32. The van der Waals surface area contributed by atoms with E-state index in [0.29, 0.717) is 0 Å². The van der Waals surface area contributed by atoms with Crippen molar-refractivity contribution >= 4 is 18.7 Å². The van der Waals surface area contributed by atoms with Gasteiger partial charge in [0.1, 0.15) is 0 Å². The van der Waals surface area contributed by atoms with Crippen molar-refractivity contribution in [3.63, 3.8) is 0 Å². The molecular formula is C13H18S. The summed E-state index contributed by atoms with van der Waals surface area (Å²) in [7, 11) is 0. The zero-order chi connectivity index (χ0) is 10.4. The van der Waals surface area contributed by atoms with Gasteiger partial charge in [0.25, 0.3) is 0 Å². The molecule has 1 aromatic rings. The largest absolute Gasteiger partial charge is 0.175 e. The van der Waals surface area contributed by atoms with Crippen molar-refractivity contribution in [1.29, 1.82) is 0 Å². The van der Waals surface area contributed by atoms with Crippen LogP contribution < -0.4 is 0 Å². The molecule has 0 nitrogen and oxygen atoms in total. The lowest BCUT2D eigenvalue weighted by molar-refractivity contribution is 0.647. The molecule has 0 aliphatic heterocycles. The van der Waals surface area contributed by atoms with Crippen LogP contribution in [0.15, 0.2) is 30.3 Å². The van der Waals surface area contributed by atoms with Crippen molar-refractivity contribution in [2.75, 3.05) is 5.75 Å². The lowest BCUT2D eigenvalue weighted by atomic mass is 10.0. The van der Waals surface area contributed by atoms with E-state index < -0.39 is 0 Å². The second-order valence-corrected chi connectivity index (χ2v) is 4.29. The van der Waals surface area contributed by atoms with Crippen LogP contribution in [0.1, 0.15) is 25.0 Å². The highest BCUT2D eigenvalue weighted by molar-refractivity contribution is 7.80. The Labute approximate surface area is 92.5 Å². The lowest BCUT2D eigenvalue weighted by Crippen LogP contribution is -1.93. The number of rotatable bonds is 4. The Hall–Kier alpha value is -0.690. The Morgan fingerprint density at radius 1 is 1.21 bits per heavy atom. The highest BCUT2D eigenvalue weighted by Crippen LogP contribution is 2.10. The SMILES string of the molecule is CC(C)Cc1ccc(C=CCS)cc1. The van der Waals surface area contributed by atoms with E-state index in [0.717, 1.165) is 18.1 Å². The van der Waals surface area contributed by atoms with Crippen LogP contribution in [-0.4, -0.2) is 5.75 Å². The fourth-order valence-corrected chi connectivity index (χ4v) is 1.53. The first-order valence-corrected chi connectivity index (χ1v) is 5.72. The van der Waals surface area contributed by atoms with E-state index in [1.165, 1.54) is 11.1 Å². The summed E-state index contributed by atoms with van der Waals surface area (Å²) in [6.45, 7) is 4.49. The monoisotopic (exact) mass is 206 g/mol. The summed E-state index contributed by atoms with van der Waals surface area (Å²) in [4.78, 5) is 0. The third-order valence-corrected chi connectivity index (χ3v) is 2.25. The van der Waals surface area contributed by atoms with Gasteiger partial charge >= 0.3 is 0 Å². The molecule has 0 aliphatic rings. The van der Waals surface area contributed by atoms with Crippen molar-refractivity contribution in [2.24, 2.45) is 5.92 Å². The third-order valence-electron chi connectivity index (χ3n) is 2.04. The van der Waals surface area contributed by atoms with E-state index in [1.54, 1.807) is 0 Å². The molecule has 0 unspecified atom stereocenters. The van der Waals surface area contributed by atoms with Gasteiger partial charge in [-0.05, 0) is 23.5 Å². The molecule has 0 saturated carbocycles. The minimum atomic E-state index is 0.730. The first-order chi connectivity index (χ1) is 6.72. The summed E-state index contributed by atoms with van der Waals surface area (Å²) < 4.78 is 0. The minimum Gasteiger partial charge on any atom is -0.175 e. The predicted molar refractivity (Wildman–Crippen MR) is 67.9 cm³/mol. The molecule has 0 saturated heterocycles. The van der Waals surface area contributed by atoms with Gasteiger partial charge in [0, 0.05) is 5.75 Å². The average Bonchev–Trinajstić information content (AvgIpc) is 2.16. The van der Waals surface area contributed by atoms with Crippen LogP contribution in [0.2, 0.25) is 0 Å². The van der Waals surface area contributed by atoms with Crippen molar-refractivity contribution in [3.05, 3.63) is 41.5 Å². The molecule has 0 N–H and O–H groups in total. The first kappa shape index (κ1) is 11.4. The Kier molecular flexibility index (Phi) is 4.81. The van der Waals surface area contributed by atoms with Crippen LogP contribution in [0.5, 0.6) is 0 Å². The fourth-order valence-electron chi connectivity index (χ4n) is 1.43. The Bertz CT molecular complexity index is 283. The molecule has 0 bridgehead atoms. The second kappa shape index (κ2) is 5.92. The van der Waals surface area contributed by atoms with Gasteiger partial charge in [-0.1, -0.05) is 50.3 Å². The van der Waals surface area contributed by atoms with Crippen molar-refractivity contribution < 1.29 is 0 Å².